The number of benzene rings is 1. The number of piperidine rings is 1. The first-order valence-electron chi connectivity index (χ1n) is 9.65. The molecule has 2 aromatic rings. The van der Waals surface area contributed by atoms with Crippen LogP contribution in [0.25, 0.3) is 0 Å². The van der Waals surface area contributed by atoms with Gasteiger partial charge in [-0.2, -0.15) is 15.0 Å². The summed E-state index contributed by atoms with van der Waals surface area (Å²) in [7, 11) is 3.68. The fourth-order valence-electron chi connectivity index (χ4n) is 3.89. The normalized spacial score (nSPS) is 20.8. The highest BCUT2D eigenvalue weighted by atomic mass is 16.7. The van der Waals surface area contributed by atoms with Crippen molar-refractivity contribution in [1.82, 2.24) is 19.9 Å². The SMILES string of the molecule is CN(C)c1nc(N)nc(CN2CC(C)(Cc3ccc4c(c3)OCO4)CCC2=O)n1. The molecule has 1 fully saturated rings. The van der Waals surface area contributed by atoms with E-state index in [0.29, 0.717) is 31.3 Å². The quantitative estimate of drug-likeness (QED) is 0.810. The van der Waals surface area contributed by atoms with Gasteiger partial charge in [0.15, 0.2) is 17.3 Å². The van der Waals surface area contributed by atoms with Crippen molar-refractivity contribution in [1.29, 1.82) is 0 Å². The Morgan fingerprint density at radius 2 is 2.00 bits per heavy atom. The number of ether oxygens (including phenoxy) is 2. The minimum absolute atomic E-state index is 0.0510. The molecule has 4 rings (SSSR count). The molecule has 2 N–H and O–H groups in total. The summed E-state index contributed by atoms with van der Waals surface area (Å²) in [6, 6.07) is 6.04. The fraction of sp³-hybridized carbons (Fsp3) is 0.500. The van der Waals surface area contributed by atoms with Crippen LogP contribution >= 0.6 is 0 Å². The number of amides is 1. The largest absolute Gasteiger partial charge is 0.454 e. The number of nitrogens with zero attached hydrogens (tertiary/aromatic N) is 5. The lowest BCUT2D eigenvalue weighted by Gasteiger charge is -2.40. The summed E-state index contributed by atoms with van der Waals surface area (Å²) in [5.74, 6) is 2.82. The molecule has 3 heterocycles. The second kappa shape index (κ2) is 7.38. The van der Waals surface area contributed by atoms with Gasteiger partial charge in [0, 0.05) is 27.1 Å². The van der Waals surface area contributed by atoms with Crippen molar-refractivity contribution in [2.24, 2.45) is 5.41 Å². The van der Waals surface area contributed by atoms with Crippen LogP contribution in [0.1, 0.15) is 31.2 Å². The first kappa shape index (κ1) is 19.2. The van der Waals surface area contributed by atoms with Crippen LogP contribution in [0, 0.1) is 5.41 Å². The maximum atomic E-state index is 12.6. The minimum atomic E-state index is -0.0510. The molecule has 29 heavy (non-hydrogen) atoms. The highest BCUT2D eigenvalue weighted by Gasteiger charge is 2.35. The summed E-state index contributed by atoms with van der Waals surface area (Å²) >= 11 is 0. The monoisotopic (exact) mass is 398 g/mol. The Labute approximate surface area is 169 Å². The Hall–Kier alpha value is -3.10. The Morgan fingerprint density at radius 1 is 1.21 bits per heavy atom. The van der Waals surface area contributed by atoms with Crippen LogP contribution in [-0.4, -0.2) is 53.2 Å². The van der Waals surface area contributed by atoms with Crippen molar-refractivity contribution in [2.45, 2.75) is 32.7 Å². The predicted molar refractivity (Wildman–Crippen MR) is 108 cm³/mol. The number of rotatable bonds is 5. The molecule has 0 spiro atoms. The predicted octanol–water partition coefficient (Wildman–Crippen LogP) is 1.62. The molecule has 1 unspecified atom stereocenters. The molecule has 0 saturated carbocycles. The number of hydrogen-bond acceptors (Lipinski definition) is 8. The lowest BCUT2D eigenvalue weighted by Crippen LogP contribution is -2.46. The summed E-state index contributed by atoms with van der Waals surface area (Å²) in [5, 5.41) is 0. The van der Waals surface area contributed by atoms with Crippen LogP contribution < -0.4 is 20.1 Å². The summed E-state index contributed by atoms with van der Waals surface area (Å²) in [4.78, 5) is 28.9. The highest BCUT2D eigenvalue weighted by molar-refractivity contribution is 5.77. The molecule has 1 aromatic heterocycles. The van der Waals surface area contributed by atoms with Gasteiger partial charge in [0.1, 0.15) is 0 Å². The number of fused-ring (bicyclic) bond motifs is 1. The number of carbonyl (C=O) groups excluding carboxylic acids is 1. The molecule has 2 aliphatic heterocycles. The van der Waals surface area contributed by atoms with Crippen molar-refractivity contribution in [2.75, 3.05) is 38.1 Å². The second-order valence-electron chi connectivity index (χ2n) is 8.23. The molecule has 1 saturated heterocycles. The van der Waals surface area contributed by atoms with E-state index in [-0.39, 0.29) is 24.1 Å². The van der Waals surface area contributed by atoms with Crippen LogP contribution in [0.4, 0.5) is 11.9 Å². The van der Waals surface area contributed by atoms with Crippen LogP contribution in [0.2, 0.25) is 0 Å². The summed E-state index contributed by atoms with van der Waals surface area (Å²) < 4.78 is 10.9. The third-order valence-corrected chi connectivity index (χ3v) is 5.36. The van der Waals surface area contributed by atoms with Gasteiger partial charge in [-0.1, -0.05) is 13.0 Å². The number of hydrogen-bond donors (Lipinski definition) is 1. The van der Waals surface area contributed by atoms with E-state index < -0.39 is 0 Å². The molecular weight excluding hydrogens is 372 g/mol. The number of nitrogens with two attached hydrogens (primary N) is 1. The molecular formula is C20H26N6O3. The number of likely N-dealkylation sites (tertiary alicyclic amines) is 1. The Kier molecular flexibility index (Phi) is 4.89. The molecule has 154 valence electrons. The molecule has 0 bridgehead atoms. The zero-order valence-corrected chi connectivity index (χ0v) is 17.0. The van der Waals surface area contributed by atoms with Crippen LogP contribution in [-0.2, 0) is 17.8 Å². The third-order valence-electron chi connectivity index (χ3n) is 5.36. The van der Waals surface area contributed by atoms with Gasteiger partial charge < -0.3 is 25.0 Å². The zero-order valence-electron chi connectivity index (χ0n) is 17.0. The van der Waals surface area contributed by atoms with Gasteiger partial charge in [-0.05, 0) is 36.0 Å². The van der Waals surface area contributed by atoms with Gasteiger partial charge in [0.05, 0.1) is 6.54 Å². The van der Waals surface area contributed by atoms with E-state index in [0.717, 1.165) is 24.3 Å². The Balaban J connectivity index is 1.50. The molecule has 1 aromatic carbocycles. The highest BCUT2D eigenvalue weighted by Crippen LogP contribution is 2.38. The summed E-state index contributed by atoms with van der Waals surface area (Å²) in [6.07, 6.45) is 2.18. The number of carbonyl (C=O) groups is 1. The van der Waals surface area contributed by atoms with Gasteiger partial charge in [-0.25, -0.2) is 0 Å². The molecule has 0 aliphatic carbocycles. The molecule has 2 aliphatic rings. The Bertz CT molecular complexity index is 934. The van der Waals surface area contributed by atoms with Crippen molar-refractivity contribution < 1.29 is 14.3 Å². The average Bonchev–Trinajstić information content (AvgIpc) is 3.12. The number of nitrogen functional groups attached to an aromatic ring is 1. The standard InChI is InChI=1S/C20H26N6O3/c1-20(9-13-4-5-14-15(8-13)29-12-28-14)7-6-17(27)26(11-20)10-16-22-18(21)24-19(23-16)25(2)3/h4-5,8H,6-7,9-12H2,1-3H3,(H2,21,22,23,24). The topological polar surface area (TPSA) is 107 Å². The van der Waals surface area contributed by atoms with Gasteiger partial charge >= 0.3 is 0 Å². The number of aromatic nitrogens is 3. The Morgan fingerprint density at radius 3 is 2.79 bits per heavy atom. The molecule has 1 amide bonds. The summed E-state index contributed by atoms with van der Waals surface area (Å²) in [6.45, 7) is 3.43. The van der Waals surface area contributed by atoms with Crippen LogP contribution in [0.3, 0.4) is 0 Å². The lowest BCUT2D eigenvalue weighted by molar-refractivity contribution is -0.138. The maximum Gasteiger partial charge on any atom is 0.231 e. The zero-order chi connectivity index (χ0) is 20.6. The minimum Gasteiger partial charge on any atom is -0.454 e. The third kappa shape index (κ3) is 4.18. The van der Waals surface area contributed by atoms with Gasteiger partial charge in [-0.15, -0.1) is 0 Å². The van der Waals surface area contributed by atoms with E-state index in [1.807, 2.05) is 31.1 Å². The van der Waals surface area contributed by atoms with Crippen LogP contribution in [0.5, 0.6) is 11.5 Å². The first-order valence-corrected chi connectivity index (χ1v) is 9.65. The van der Waals surface area contributed by atoms with Crippen molar-refractivity contribution in [3.8, 4) is 11.5 Å². The first-order chi connectivity index (χ1) is 13.8. The van der Waals surface area contributed by atoms with E-state index in [4.69, 9.17) is 15.2 Å². The number of anilines is 2. The van der Waals surface area contributed by atoms with E-state index in [2.05, 4.69) is 27.9 Å². The fourth-order valence-corrected chi connectivity index (χ4v) is 3.89. The van der Waals surface area contributed by atoms with Crippen LogP contribution in [0.15, 0.2) is 18.2 Å². The molecule has 0 radical (unpaired) electrons. The maximum absolute atomic E-state index is 12.6. The van der Waals surface area contributed by atoms with Crippen molar-refractivity contribution in [3.63, 3.8) is 0 Å². The smallest absolute Gasteiger partial charge is 0.231 e. The molecule has 9 nitrogen and oxygen atoms in total. The van der Waals surface area contributed by atoms with Crippen molar-refractivity contribution >= 4 is 17.8 Å². The van der Waals surface area contributed by atoms with Gasteiger partial charge in [0.25, 0.3) is 0 Å². The van der Waals surface area contributed by atoms with Gasteiger partial charge in [-0.3, -0.25) is 4.79 Å². The second-order valence-corrected chi connectivity index (χ2v) is 8.23. The van der Waals surface area contributed by atoms with E-state index >= 15 is 0 Å². The lowest BCUT2D eigenvalue weighted by atomic mass is 9.76. The van der Waals surface area contributed by atoms with E-state index in [1.54, 1.807) is 4.90 Å². The average molecular weight is 398 g/mol. The molecule has 1 atom stereocenters. The van der Waals surface area contributed by atoms with E-state index in [1.165, 1.54) is 5.56 Å². The van der Waals surface area contributed by atoms with Crippen molar-refractivity contribution in [3.05, 3.63) is 29.6 Å². The van der Waals surface area contributed by atoms with Gasteiger partial charge in [0.2, 0.25) is 24.6 Å². The van der Waals surface area contributed by atoms with E-state index in [9.17, 15) is 4.79 Å². The molecule has 9 heteroatoms. The summed E-state index contributed by atoms with van der Waals surface area (Å²) in [5.41, 5.74) is 6.94.